The van der Waals surface area contributed by atoms with Crippen LogP contribution in [0.3, 0.4) is 0 Å². The van der Waals surface area contributed by atoms with Gasteiger partial charge in [-0.1, -0.05) is 23.6 Å². The first-order chi connectivity index (χ1) is 8.04. The Labute approximate surface area is 107 Å². The molecule has 0 N–H and O–H groups in total. The minimum Gasteiger partial charge on any atom is -0.496 e. The zero-order valence-corrected chi connectivity index (χ0v) is 11.4. The third-order valence-corrected chi connectivity index (χ3v) is 2.94. The second-order valence-corrected chi connectivity index (χ2v) is 4.88. The summed E-state index contributed by atoms with van der Waals surface area (Å²) in [7, 11) is 1.67. The van der Waals surface area contributed by atoms with E-state index in [1.54, 1.807) is 14.0 Å². The van der Waals surface area contributed by atoms with E-state index in [-0.39, 0.29) is 5.12 Å². The van der Waals surface area contributed by atoms with Crippen LogP contribution in [0, 0.1) is 25.7 Å². The molecule has 1 aromatic rings. The van der Waals surface area contributed by atoms with Gasteiger partial charge in [0.15, 0.2) is 5.12 Å². The zero-order chi connectivity index (χ0) is 12.8. The smallest absolute Gasteiger partial charge is 0.186 e. The highest BCUT2D eigenvalue weighted by Gasteiger charge is 2.03. The van der Waals surface area contributed by atoms with Crippen LogP contribution in [0.15, 0.2) is 12.1 Å². The van der Waals surface area contributed by atoms with Gasteiger partial charge < -0.3 is 4.74 Å². The van der Waals surface area contributed by atoms with Crippen molar-refractivity contribution in [2.24, 2.45) is 0 Å². The predicted molar refractivity (Wildman–Crippen MR) is 72.5 cm³/mol. The summed E-state index contributed by atoms with van der Waals surface area (Å²) < 4.78 is 5.29. The molecule has 0 unspecified atom stereocenters. The summed E-state index contributed by atoms with van der Waals surface area (Å²) in [5.41, 5.74) is 3.12. The summed E-state index contributed by atoms with van der Waals surface area (Å²) in [5.74, 6) is 7.48. The van der Waals surface area contributed by atoms with E-state index in [2.05, 4.69) is 11.8 Å². The Morgan fingerprint density at radius 2 is 1.94 bits per heavy atom. The van der Waals surface area contributed by atoms with Crippen LogP contribution in [0.2, 0.25) is 0 Å². The number of methoxy groups -OCH3 is 1. The maximum absolute atomic E-state index is 10.7. The quantitative estimate of drug-likeness (QED) is 0.753. The maximum Gasteiger partial charge on any atom is 0.186 e. The lowest BCUT2D eigenvalue weighted by atomic mass is 10.1. The fourth-order valence-electron chi connectivity index (χ4n) is 1.62. The summed E-state index contributed by atoms with van der Waals surface area (Å²) in [4.78, 5) is 10.7. The lowest BCUT2D eigenvalue weighted by Gasteiger charge is -2.08. The van der Waals surface area contributed by atoms with Gasteiger partial charge >= 0.3 is 0 Å². The van der Waals surface area contributed by atoms with Gasteiger partial charge in [0.2, 0.25) is 0 Å². The molecule has 2 nitrogen and oxygen atoms in total. The topological polar surface area (TPSA) is 26.3 Å². The molecule has 0 amide bonds. The van der Waals surface area contributed by atoms with Crippen LogP contribution in [0.4, 0.5) is 0 Å². The number of aryl methyl sites for hydroxylation is 2. The number of rotatable bonds is 2. The summed E-state index contributed by atoms with van der Waals surface area (Å²) in [6.45, 7) is 5.55. The molecule has 0 aliphatic carbocycles. The first-order valence-electron chi connectivity index (χ1n) is 5.32. The highest BCUT2D eigenvalue weighted by atomic mass is 32.2. The molecular weight excluding hydrogens is 232 g/mol. The van der Waals surface area contributed by atoms with Crippen LogP contribution < -0.4 is 4.74 Å². The van der Waals surface area contributed by atoms with Crippen molar-refractivity contribution in [2.75, 3.05) is 12.9 Å². The molecule has 0 fully saturated rings. The van der Waals surface area contributed by atoms with Crippen molar-refractivity contribution in [2.45, 2.75) is 20.8 Å². The molecule has 0 bridgehead atoms. The first-order valence-corrected chi connectivity index (χ1v) is 6.30. The van der Waals surface area contributed by atoms with Gasteiger partial charge in [-0.25, -0.2) is 0 Å². The number of thioether (sulfide) groups is 1. The third-order valence-electron chi connectivity index (χ3n) is 2.24. The molecule has 0 radical (unpaired) electrons. The number of ether oxygens (including phenoxy) is 1. The van der Waals surface area contributed by atoms with Gasteiger partial charge in [-0.15, -0.1) is 0 Å². The Hall–Kier alpha value is -1.40. The Kier molecular flexibility index (Phi) is 5.11. The van der Waals surface area contributed by atoms with Gasteiger partial charge in [0.05, 0.1) is 12.9 Å². The van der Waals surface area contributed by atoms with Crippen molar-refractivity contribution >= 4 is 16.9 Å². The van der Waals surface area contributed by atoms with Crippen molar-refractivity contribution < 1.29 is 9.53 Å². The Balaban J connectivity index is 2.83. The number of hydrogen-bond acceptors (Lipinski definition) is 3. The maximum atomic E-state index is 10.7. The average Bonchev–Trinajstić information content (AvgIpc) is 2.24. The Morgan fingerprint density at radius 3 is 2.41 bits per heavy atom. The van der Waals surface area contributed by atoms with Crippen LogP contribution in [0.25, 0.3) is 0 Å². The minimum absolute atomic E-state index is 0.0985. The van der Waals surface area contributed by atoms with Gasteiger partial charge in [0, 0.05) is 12.5 Å². The molecule has 0 heterocycles. The van der Waals surface area contributed by atoms with E-state index in [0.29, 0.717) is 5.75 Å². The number of benzene rings is 1. The van der Waals surface area contributed by atoms with Crippen LogP contribution in [-0.2, 0) is 4.79 Å². The second-order valence-electron chi connectivity index (χ2n) is 3.73. The highest BCUT2D eigenvalue weighted by Crippen LogP contribution is 2.23. The van der Waals surface area contributed by atoms with Crippen LogP contribution in [0.5, 0.6) is 5.75 Å². The molecule has 0 aliphatic heterocycles. The van der Waals surface area contributed by atoms with Crippen molar-refractivity contribution in [3.8, 4) is 17.6 Å². The molecule has 17 heavy (non-hydrogen) atoms. The molecule has 3 heteroatoms. The fourth-order valence-corrected chi connectivity index (χ4v) is 1.97. The van der Waals surface area contributed by atoms with Crippen molar-refractivity contribution in [3.63, 3.8) is 0 Å². The third kappa shape index (κ3) is 4.16. The second kappa shape index (κ2) is 6.36. The van der Waals surface area contributed by atoms with Crippen LogP contribution >= 0.6 is 11.8 Å². The molecule has 0 atom stereocenters. The van der Waals surface area contributed by atoms with E-state index in [1.807, 2.05) is 26.0 Å². The zero-order valence-electron chi connectivity index (χ0n) is 10.6. The Bertz CT molecular complexity index is 458. The van der Waals surface area contributed by atoms with E-state index < -0.39 is 0 Å². The lowest BCUT2D eigenvalue weighted by Crippen LogP contribution is -1.92. The minimum atomic E-state index is 0.0985. The molecule has 0 saturated carbocycles. The van der Waals surface area contributed by atoms with Gasteiger partial charge in [-0.2, -0.15) is 0 Å². The van der Waals surface area contributed by atoms with E-state index in [0.717, 1.165) is 22.4 Å². The number of carbonyl (C=O) groups is 1. The Morgan fingerprint density at radius 1 is 1.35 bits per heavy atom. The molecule has 0 aromatic heterocycles. The first kappa shape index (κ1) is 13.7. The predicted octanol–water partition coefficient (Wildman–Crippen LogP) is 2.94. The van der Waals surface area contributed by atoms with Gasteiger partial charge in [-0.05, 0) is 37.1 Å². The molecular formula is C14H16O2S. The van der Waals surface area contributed by atoms with E-state index >= 15 is 0 Å². The molecule has 1 aromatic carbocycles. The van der Waals surface area contributed by atoms with E-state index in [9.17, 15) is 4.79 Å². The van der Waals surface area contributed by atoms with Gasteiger partial charge in [0.25, 0.3) is 0 Å². The number of carbonyl (C=O) groups excluding carboxylic acids is 1. The highest BCUT2D eigenvalue weighted by molar-refractivity contribution is 8.13. The largest absolute Gasteiger partial charge is 0.496 e. The normalized spacial score (nSPS) is 9.41. The average molecular weight is 248 g/mol. The van der Waals surface area contributed by atoms with Crippen LogP contribution in [0.1, 0.15) is 23.6 Å². The van der Waals surface area contributed by atoms with Crippen LogP contribution in [-0.4, -0.2) is 18.0 Å². The van der Waals surface area contributed by atoms with Gasteiger partial charge in [-0.3, -0.25) is 4.79 Å². The lowest BCUT2D eigenvalue weighted by molar-refractivity contribution is -0.109. The standard InChI is InChI=1S/C14H16O2S/c1-10-8-13(6-5-7-17-12(3)15)9-11(2)14(10)16-4/h8-9H,7H2,1-4H3. The molecule has 1 rings (SSSR count). The van der Waals surface area contributed by atoms with Gasteiger partial charge in [0.1, 0.15) is 5.75 Å². The monoisotopic (exact) mass is 248 g/mol. The molecule has 0 saturated heterocycles. The van der Waals surface area contributed by atoms with E-state index in [1.165, 1.54) is 11.8 Å². The summed E-state index contributed by atoms with van der Waals surface area (Å²) in [6.07, 6.45) is 0. The van der Waals surface area contributed by atoms with Crippen molar-refractivity contribution in [1.82, 2.24) is 0 Å². The fraction of sp³-hybridized carbons (Fsp3) is 0.357. The van der Waals surface area contributed by atoms with E-state index in [4.69, 9.17) is 4.74 Å². The summed E-state index contributed by atoms with van der Waals surface area (Å²) >= 11 is 1.23. The molecule has 90 valence electrons. The van der Waals surface area contributed by atoms with Crippen molar-refractivity contribution in [3.05, 3.63) is 28.8 Å². The summed E-state index contributed by atoms with van der Waals surface area (Å²) in [5, 5.41) is 0.0985. The SMILES string of the molecule is COc1c(C)cc(C#CCSC(C)=O)cc1C. The molecule has 0 aliphatic rings. The molecule has 0 spiro atoms. The number of hydrogen-bond donors (Lipinski definition) is 0. The van der Waals surface area contributed by atoms with Crippen molar-refractivity contribution in [1.29, 1.82) is 0 Å². The summed E-state index contributed by atoms with van der Waals surface area (Å²) in [6, 6.07) is 3.99.